The van der Waals surface area contributed by atoms with Gasteiger partial charge in [0.25, 0.3) is 0 Å². The van der Waals surface area contributed by atoms with Crippen molar-refractivity contribution in [3.05, 3.63) is 48.2 Å². The molecule has 0 unspecified atom stereocenters. The van der Waals surface area contributed by atoms with Gasteiger partial charge in [-0.25, -0.2) is 0 Å². The third-order valence-corrected chi connectivity index (χ3v) is 9.66. The number of Topliss-reactive ketones (excluding diaryl/α,β-unsaturated/α-hetero) is 1. The molecule has 1 aromatic rings. The number of carbonyl (C=O) groups excluding carboxylic acids is 1. The van der Waals surface area contributed by atoms with Crippen molar-refractivity contribution in [1.82, 2.24) is 0 Å². The molecule has 0 radical (unpaired) electrons. The average Bonchev–Trinajstić information content (AvgIpc) is 2.39. The van der Waals surface area contributed by atoms with Gasteiger partial charge < -0.3 is 4.52 Å². The maximum Gasteiger partial charge on any atom is 0.359 e. The minimum atomic E-state index is -2.83. The number of hydrogen-bond donors (Lipinski definition) is 0. The molecule has 1 heterocycles. The Labute approximate surface area is 114 Å². The highest BCUT2D eigenvalue weighted by molar-refractivity contribution is 8.89. The Balaban J connectivity index is 2.04. The van der Waals surface area contributed by atoms with E-state index in [4.69, 9.17) is 4.52 Å². The first-order chi connectivity index (χ1) is 8.61. The van der Waals surface area contributed by atoms with Gasteiger partial charge in [0, 0.05) is 17.1 Å². The molecule has 0 amide bonds. The Morgan fingerprint density at radius 3 is 2.44 bits per heavy atom. The Kier molecular flexibility index (Phi) is 4.60. The smallest absolute Gasteiger partial charge is 0.359 e. The van der Waals surface area contributed by atoms with E-state index in [0.717, 1.165) is 17.9 Å². The van der Waals surface area contributed by atoms with E-state index in [1.807, 2.05) is 6.07 Å². The van der Waals surface area contributed by atoms with Crippen LogP contribution in [0.3, 0.4) is 0 Å². The molecule has 1 aliphatic heterocycles. The standard InChI is InChI=1S/C12H13O3PS2/c1-10(12(13)11-6-3-2-4-7-11)15-16(14)17-8-5-9-18-16/h2-4,6-7H,1,5,8-9H2. The zero-order chi connectivity index (χ0) is 13.0. The van der Waals surface area contributed by atoms with Crippen LogP contribution < -0.4 is 0 Å². The SMILES string of the molecule is C=C(OP1(=O)SCCCS1)C(=O)c1ccccc1. The predicted molar refractivity (Wildman–Crippen MR) is 78.1 cm³/mol. The maximum atomic E-state index is 12.3. The minimum absolute atomic E-state index is 0.0357. The summed E-state index contributed by atoms with van der Waals surface area (Å²) in [7, 11) is 0. The molecule has 0 atom stereocenters. The van der Waals surface area contributed by atoms with E-state index < -0.39 is 5.77 Å². The average molecular weight is 300 g/mol. The van der Waals surface area contributed by atoms with Crippen molar-refractivity contribution in [2.45, 2.75) is 6.42 Å². The van der Waals surface area contributed by atoms with Gasteiger partial charge in [0.05, 0.1) is 0 Å². The molecule has 1 fully saturated rings. The van der Waals surface area contributed by atoms with Crippen LogP contribution in [0.15, 0.2) is 42.7 Å². The largest absolute Gasteiger partial charge is 0.425 e. The van der Waals surface area contributed by atoms with Gasteiger partial charge in [0.2, 0.25) is 5.78 Å². The summed E-state index contributed by atoms with van der Waals surface area (Å²) in [6.45, 7) is 3.60. The Hall–Kier alpha value is -0.640. The summed E-state index contributed by atoms with van der Waals surface area (Å²) >= 11 is 2.58. The highest BCUT2D eigenvalue weighted by Crippen LogP contribution is 2.73. The topological polar surface area (TPSA) is 43.4 Å². The molecule has 0 aromatic heterocycles. The fraction of sp³-hybridized carbons (Fsp3) is 0.250. The number of carbonyl (C=O) groups is 1. The predicted octanol–water partition coefficient (Wildman–Crippen LogP) is 4.38. The van der Waals surface area contributed by atoms with Gasteiger partial charge in [-0.3, -0.25) is 9.36 Å². The lowest BCUT2D eigenvalue weighted by molar-refractivity contribution is 0.0990. The van der Waals surface area contributed by atoms with Gasteiger partial charge in [0.1, 0.15) is 0 Å². The fourth-order valence-electron chi connectivity index (χ4n) is 1.43. The van der Waals surface area contributed by atoms with E-state index in [1.165, 1.54) is 22.8 Å². The van der Waals surface area contributed by atoms with Crippen molar-refractivity contribution in [2.75, 3.05) is 11.5 Å². The number of allylic oxidation sites excluding steroid dienone is 1. The minimum Gasteiger partial charge on any atom is -0.425 e. The Morgan fingerprint density at radius 2 is 1.83 bits per heavy atom. The molecule has 6 heteroatoms. The maximum absolute atomic E-state index is 12.3. The summed E-state index contributed by atoms with van der Waals surface area (Å²) in [5.74, 6) is -1.57. The highest BCUT2D eigenvalue weighted by Gasteiger charge is 2.31. The molecule has 3 nitrogen and oxygen atoms in total. The van der Waals surface area contributed by atoms with Crippen LogP contribution in [0, 0.1) is 0 Å². The lowest BCUT2D eigenvalue weighted by Gasteiger charge is -2.21. The summed E-state index contributed by atoms with van der Waals surface area (Å²) in [5.41, 5.74) is 0.501. The second kappa shape index (κ2) is 6.00. The van der Waals surface area contributed by atoms with Gasteiger partial charge in [0.15, 0.2) is 5.76 Å². The van der Waals surface area contributed by atoms with E-state index in [-0.39, 0.29) is 11.5 Å². The van der Waals surface area contributed by atoms with E-state index in [9.17, 15) is 9.36 Å². The van der Waals surface area contributed by atoms with Crippen molar-refractivity contribution >= 4 is 34.3 Å². The number of ketones is 1. The van der Waals surface area contributed by atoms with Crippen molar-refractivity contribution in [3.8, 4) is 0 Å². The molecule has 1 aromatic carbocycles. The van der Waals surface area contributed by atoms with Crippen molar-refractivity contribution in [3.63, 3.8) is 0 Å². The molecule has 1 saturated heterocycles. The van der Waals surface area contributed by atoms with Gasteiger partial charge in [-0.1, -0.05) is 36.9 Å². The second-order valence-corrected chi connectivity index (χ2v) is 11.2. The summed E-state index contributed by atoms with van der Waals surface area (Å²) in [6, 6.07) is 8.75. The van der Waals surface area contributed by atoms with Crippen LogP contribution >= 0.6 is 28.5 Å². The summed E-state index contributed by atoms with van der Waals surface area (Å²) in [4.78, 5) is 12.0. The van der Waals surface area contributed by atoms with Crippen molar-refractivity contribution in [1.29, 1.82) is 0 Å². The van der Waals surface area contributed by atoms with Crippen LogP contribution in [0.25, 0.3) is 0 Å². The van der Waals surface area contributed by atoms with E-state index in [0.29, 0.717) is 5.56 Å². The first-order valence-corrected chi connectivity index (χ1v) is 10.3. The zero-order valence-corrected chi connectivity index (χ0v) is 12.2. The normalized spacial score (nSPS) is 18.0. The van der Waals surface area contributed by atoms with Crippen LogP contribution in [0.1, 0.15) is 16.8 Å². The zero-order valence-electron chi connectivity index (χ0n) is 9.70. The lowest BCUT2D eigenvalue weighted by atomic mass is 10.1. The number of benzene rings is 1. The first-order valence-electron chi connectivity index (χ1n) is 5.48. The van der Waals surface area contributed by atoms with Gasteiger partial charge in [-0.2, -0.15) is 0 Å². The van der Waals surface area contributed by atoms with Gasteiger partial charge in [-0.05, 0) is 29.2 Å². The Morgan fingerprint density at radius 1 is 1.22 bits per heavy atom. The molecule has 0 saturated carbocycles. The summed E-state index contributed by atoms with van der Waals surface area (Å²) in [5, 5.41) is 0. The summed E-state index contributed by atoms with van der Waals surface area (Å²) in [6.07, 6.45) is 1.02. The second-order valence-electron chi connectivity index (χ2n) is 3.68. The molecule has 0 bridgehead atoms. The van der Waals surface area contributed by atoms with Crippen LogP contribution in [-0.2, 0) is 9.09 Å². The van der Waals surface area contributed by atoms with Crippen molar-refractivity contribution in [2.24, 2.45) is 0 Å². The van der Waals surface area contributed by atoms with Crippen LogP contribution in [0.4, 0.5) is 0 Å². The lowest BCUT2D eigenvalue weighted by Crippen LogP contribution is -2.05. The van der Waals surface area contributed by atoms with Crippen LogP contribution in [-0.4, -0.2) is 17.3 Å². The first kappa shape index (κ1) is 13.8. The van der Waals surface area contributed by atoms with Crippen molar-refractivity contribution < 1.29 is 13.9 Å². The molecule has 1 aliphatic rings. The molecule has 18 heavy (non-hydrogen) atoms. The highest BCUT2D eigenvalue weighted by atomic mass is 33.1. The fourth-order valence-corrected chi connectivity index (χ4v) is 8.35. The van der Waals surface area contributed by atoms with Gasteiger partial charge in [-0.15, -0.1) is 0 Å². The molecular formula is C12H13O3PS2. The molecule has 0 spiro atoms. The van der Waals surface area contributed by atoms with Gasteiger partial charge >= 0.3 is 5.77 Å². The third-order valence-electron chi connectivity index (χ3n) is 2.30. The summed E-state index contributed by atoms with van der Waals surface area (Å²) < 4.78 is 17.6. The molecule has 96 valence electrons. The van der Waals surface area contributed by atoms with E-state index in [2.05, 4.69) is 6.58 Å². The van der Waals surface area contributed by atoms with E-state index >= 15 is 0 Å². The quantitative estimate of drug-likeness (QED) is 0.357. The van der Waals surface area contributed by atoms with E-state index in [1.54, 1.807) is 24.3 Å². The molecule has 0 aliphatic carbocycles. The third kappa shape index (κ3) is 3.44. The number of hydrogen-bond acceptors (Lipinski definition) is 5. The monoisotopic (exact) mass is 300 g/mol. The van der Waals surface area contributed by atoms with Crippen LogP contribution in [0.2, 0.25) is 0 Å². The molecular weight excluding hydrogens is 287 g/mol. The Bertz CT molecular complexity index is 491. The van der Waals surface area contributed by atoms with Crippen LogP contribution in [0.5, 0.6) is 0 Å². The molecule has 2 rings (SSSR count). The number of rotatable bonds is 4. The molecule has 0 N–H and O–H groups in total.